The van der Waals surface area contributed by atoms with E-state index in [-0.39, 0.29) is 17.3 Å². The molecule has 0 unspecified atom stereocenters. The number of carbonyl (C=O) groups is 1. The highest BCUT2D eigenvalue weighted by Gasteiger charge is 2.32. The van der Waals surface area contributed by atoms with E-state index in [0.717, 1.165) is 29.9 Å². The van der Waals surface area contributed by atoms with Gasteiger partial charge in [0.15, 0.2) is 0 Å². The zero-order valence-corrected chi connectivity index (χ0v) is 19.0. The average molecular weight is 483 g/mol. The third-order valence-corrected chi connectivity index (χ3v) is 7.94. The number of nitrogens with zero attached hydrogens (tertiary/aromatic N) is 4. The van der Waals surface area contributed by atoms with Gasteiger partial charge in [-0.3, -0.25) is 4.79 Å². The number of carbonyl (C=O) groups excluding carboxylic acids is 1. The Balaban J connectivity index is 1.50. The first kappa shape index (κ1) is 23.5. The van der Waals surface area contributed by atoms with Crippen LogP contribution in [-0.2, 0) is 27.4 Å². The van der Waals surface area contributed by atoms with E-state index in [9.17, 15) is 26.4 Å². The van der Waals surface area contributed by atoms with E-state index in [2.05, 4.69) is 4.98 Å². The van der Waals surface area contributed by atoms with Crippen molar-refractivity contribution in [2.24, 2.45) is 0 Å². The Morgan fingerprint density at radius 3 is 2.45 bits per heavy atom. The van der Waals surface area contributed by atoms with Gasteiger partial charge in [0.05, 0.1) is 10.5 Å². The third kappa shape index (κ3) is 4.84. The summed E-state index contributed by atoms with van der Waals surface area (Å²) in [6.07, 6.45) is -1.66. The van der Waals surface area contributed by atoms with Crippen LogP contribution in [0.2, 0.25) is 0 Å². The molecule has 4 rings (SSSR count). The molecule has 1 fully saturated rings. The fourth-order valence-electron chi connectivity index (χ4n) is 4.31. The van der Waals surface area contributed by atoms with Crippen LogP contribution in [0.3, 0.4) is 0 Å². The quantitative estimate of drug-likeness (QED) is 0.671. The van der Waals surface area contributed by atoms with Crippen molar-refractivity contribution in [2.75, 3.05) is 42.5 Å². The van der Waals surface area contributed by atoms with Gasteiger partial charge >= 0.3 is 6.18 Å². The third-order valence-electron chi connectivity index (χ3n) is 6.04. The SMILES string of the molecule is CC(=O)N1CCCc2cc(S(=O)(=O)N3CCCN(c4ccc(C(F)(F)F)cn4)CC3)ccc21. The standard InChI is InChI=1S/C22H25F3N4O3S/c1-16(30)29-11-2-4-17-14-19(6-7-20(17)29)33(31,32)28-10-3-9-27(12-13-28)21-8-5-18(15-26-21)22(23,24)25/h5-8,14-15H,2-4,9-13H2,1H3. The normalized spacial score (nSPS) is 18.1. The Morgan fingerprint density at radius 2 is 1.79 bits per heavy atom. The minimum Gasteiger partial charge on any atom is -0.355 e. The molecule has 2 aliphatic rings. The molecule has 0 spiro atoms. The van der Waals surface area contributed by atoms with Crippen LogP contribution < -0.4 is 9.80 Å². The van der Waals surface area contributed by atoms with Gasteiger partial charge in [-0.25, -0.2) is 13.4 Å². The Kier molecular flexibility index (Phi) is 6.37. The van der Waals surface area contributed by atoms with E-state index in [4.69, 9.17) is 0 Å². The van der Waals surface area contributed by atoms with Crippen LogP contribution in [0.4, 0.5) is 24.7 Å². The first-order valence-electron chi connectivity index (χ1n) is 10.8. The van der Waals surface area contributed by atoms with Crippen molar-refractivity contribution in [1.29, 1.82) is 0 Å². The molecule has 1 saturated heterocycles. The maximum Gasteiger partial charge on any atom is 0.417 e. The molecule has 3 heterocycles. The summed E-state index contributed by atoms with van der Waals surface area (Å²) in [4.78, 5) is 19.5. The minimum atomic E-state index is -4.45. The molecule has 178 valence electrons. The second-order valence-electron chi connectivity index (χ2n) is 8.21. The van der Waals surface area contributed by atoms with Gasteiger partial charge in [-0.1, -0.05) is 0 Å². The number of benzene rings is 1. The van der Waals surface area contributed by atoms with Crippen molar-refractivity contribution in [1.82, 2.24) is 9.29 Å². The Hall–Kier alpha value is -2.66. The zero-order chi connectivity index (χ0) is 23.8. The maximum atomic E-state index is 13.3. The van der Waals surface area contributed by atoms with Crippen LogP contribution in [-0.4, -0.2) is 56.3 Å². The second-order valence-corrected chi connectivity index (χ2v) is 10.2. The van der Waals surface area contributed by atoms with Crippen molar-refractivity contribution in [3.05, 3.63) is 47.7 Å². The summed E-state index contributed by atoms with van der Waals surface area (Å²) in [5, 5.41) is 0. The van der Waals surface area contributed by atoms with Gasteiger partial charge in [0.2, 0.25) is 15.9 Å². The molecule has 0 bridgehead atoms. The van der Waals surface area contributed by atoms with Gasteiger partial charge in [-0.15, -0.1) is 0 Å². The molecule has 0 N–H and O–H groups in total. The van der Waals surface area contributed by atoms with Crippen LogP contribution in [0, 0.1) is 0 Å². The lowest BCUT2D eigenvalue weighted by Gasteiger charge is -2.29. The van der Waals surface area contributed by atoms with E-state index < -0.39 is 21.8 Å². The molecule has 1 aromatic heterocycles. The lowest BCUT2D eigenvalue weighted by atomic mass is 10.0. The summed E-state index contributed by atoms with van der Waals surface area (Å²) in [6.45, 7) is 3.42. The second kappa shape index (κ2) is 8.94. The molecule has 11 heteroatoms. The van der Waals surface area contributed by atoms with Crippen LogP contribution in [0.25, 0.3) is 0 Å². The van der Waals surface area contributed by atoms with Gasteiger partial charge in [0, 0.05) is 51.5 Å². The number of fused-ring (bicyclic) bond motifs is 1. The lowest BCUT2D eigenvalue weighted by Crippen LogP contribution is -2.36. The van der Waals surface area contributed by atoms with Crippen molar-refractivity contribution in [2.45, 2.75) is 37.3 Å². The van der Waals surface area contributed by atoms with Gasteiger partial charge in [0.25, 0.3) is 0 Å². The predicted molar refractivity (Wildman–Crippen MR) is 118 cm³/mol. The summed E-state index contributed by atoms with van der Waals surface area (Å²) in [5.74, 6) is 0.316. The number of pyridine rings is 1. The summed E-state index contributed by atoms with van der Waals surface area (Å²) in [6, 6.07) is 7.19. The number of aryl methyl sites for hydroxylation is 1. The molecule has 0 atom stereocenters. The highest BCUT2D eigenvalue weighted by Crippen LogP contribution is 2.32. The maximum absolute atomic E-state index is 13.3. The molecular formula is C22H25F3N4O3S. The van der Waals surface area contributed by atoms with E-state index >= 15 is 0 Å². The van der Waals surface area contributed by atoms with Gasteiger partial charge < -0.3 is 9.80 Å². The van der Waals surface area contributed by atoms with Crippen molar-refractivity contribution in [3.63, 3.8) is 0 Å². The molecule has 1 amide bonds. The number of hydrogen-bond acceptors (Lipinski definition) is 5. The van der Waals surface area contributed by atoms with Crippen molar-refractivity contribution in [3.8, 4) is 0 Å². The summed E-state index contributed by atoms with van der Waals surface area (Å²) in [7, 11) is -3.75. The van der Waals surface area contributed by atoms with Crippen LogP contribution in [0.15, 0.2) is 41.4 Å². The molecule has 0 aliphatic carbocycles. The molecule has 0 saturated carbocycles. The van der Waals surface area contributed by atoms with Crippen LogP contribution in [0.5, 0.6) is 0 Å². The van der Waals surface area contributed by atoms with E-state index in [0.29, 0.717) is 44.8 Å². The van der Waals surface area contributed by atoms with Crippen molar-refractivity contribution < 1.29 is 26.4 Å². The number of alkyl halides is 3. The molecule has 33 heavy (non-hydrogen) atoms. The lowest BCUT2D eigenvalue weighted by molar-refractivity contribution is -0.137. The monoisotopic (exact) mass is 482 g/mol. The number of hydrogen-bond donors (Lipinski definition) is 0. The Labute approximate surface area is 190 Å². The largest absolute Gasteiger partial charge is 0.417 e. The Bertz CT molecular complexity index is 1140. The summed E-state index contributed by atoms with van der Waals surface area (Å²) >= 11 is 0. The van der Waals surface area contributed by atoms with Crippen molar-refractivity contribution >= 4 is 27.4 Å². The van der Waals surface area contributed by atoms with Gasteiger partial charge in [-0.05, 0) is 55.2 Å². The average Bonchev–Trinajstić information content (AvgIpc) is 3.04. The highest BCUT2D eigenvalue weighted by atomic mass is 32.2. The number of halogens is 3. The number of sulfonamides is 1. The highest BCUT2D eigenvalue weighted by molar-refractivity contribution is 7.89. The van der Waals surface area contributed by atoms with Gasteiger partial charge in [-0.2, -0.15) is 17.5 Å². The number of aromatic nitrogens is 1. The zero-order valence-electron chi connectivity index (χ0n) is 18.2. The Morgan fingerprint density at radius 1 is 1.00 bits per heavy atom. The first-order valence-corrected chi connectivity index (χ1v) is 12.2. The first-order chi connectivity index (χ1) is 15.6. The number of anilines is 2. The topological polar surface area (TPSA) is 73.8 Å². The molecule has 2 aromatic rings. The molecule has 2 aliphatic heterocycles. The number of amides is 1. The smallest absolute Gasteiger partial charge is 0.355 e. The molecular weight excluding hydrogens is 457 g/mol. The van der Waals surface area contributed by atoms with E-state index in [1.165, 1.54) is 23.4 Å². The summed E-state index contributed by atoms with van der Waals surface area (Å²) < 4.78 is 66.4. The molecule has 1 aromatic carbocycles. The molecule has 7 nitrogen and oxygen atoms in total. The fraction of sp³-hybridized carbons (Fsp3) is 0.455. The summed E-state index contributed by atoms with van der Waals surface area (Å²) in [5.41, 5.74) is 0.770. The molecule has 0 radical (unpaired) electrons. The van der Waals surface area contributed by atoms with Gasteiger partial charge in [0.1, 0.15) is 5.82 Å². The van der Waals surface area contributed by atoms with Crippen LogP contribution >= 0.6 is 0 Å². The van der Waals surface area contributed by atoms with E-state index in [1.54, 1.807) is 21.9 Å². The van der Waals surface area contributed by atoms with E-state index in [1.807, 2.05) is 0 Å². The minimum absolute atomic E-state index is 0.0731. The predicted octanol–water partition coefficient (Wildman–Crippen LogP) is 3.30. The number of rotatable bonds is 3. The fourth-order valence-corrected chi connectivity index (χ4v) is 5.83. The van der Waals surface area contributed by atoms with Crippen LogP contribution in [0.1, 0.15) is 30.9 Å².